The molecule has 2 aromatic rings. The van der Waals surface area contributed by atoms with Crippen molar-refractivity contribution in [3.8, 4) is 0 Å². The first-order valence-electron chi connectivity index (χ1n) is 9.27. The Kier molecular flexibility index (Phi) is 7.70. The number of benzene rings is 2. The average Bonchev–Trinajstić information content (AvgIpc) is 2.68. The lowest BCUT2D eigenvalue weighted by Gasteiger charge is -2.30. The number of nitrogens with two attached hydrogens (primary N) is 1. The summed E-state index contributed by atoms with van der Waals surface area (Å²) in [7, 11) is 1.74. The number of rotatable bonds is 5. The summed E-state index contributed by atoms with van der Waals surface area (Å²) in [6.45, 7) is 1.53. The second-order valence-electron chi connectivity index (χ2n) is 6.82. The third kappa shape index (κ3) is 5.16. The number of urea groups is 1. The second-order valence-corrected chi connectivity index (χ2v) is 6.82. The number of hydrogen-bond donors (Lipinski definition) is 2. The molecule has 7 heteroatoms. The number of anilines is 2. The van der Waals surface area contributed by atoms with Crippen LogP contribution in [-0.4, -0.2) is 37.0 Å². The Morgan fingerprint density at radius 3 is 2.64 bits per heavy atom. The van der Waals surface area contributed by atoms with Gasteiger partial charge in [0.25, 0.3) is 0 Å². The molecule has 0 aromatic heterocycles. The Labute approximate surface area is 172 Å². The molecule has 0 radical (unpaired) electrons. The number of halogens is 1. The predicted molar refractivity (Wildman–Crippen MR) is 115 cm³/mol. The molecule has 3 amide bonds. The van der Waals surface area contributed by atoms with Crippen LogP contribution in [0.3, 0.4) is 0 Å². The van der Waals surface area contributed by atoms with Gasteiger partial charge in [0.1, 0.15) is 0 Å². The summed E-state index contributed by atoms with van der Waals surface area (Å²) < 4.78 is 0. The summed E-state index contributed by atoms with van der Waals surface area (Å²) in [6, 6.07) is 15.3. The van der Waals surface area contributed by atoms with Crippen LogP contribution in [-0.2, 0) is 17.8 Å². The lowest BCUT2D eigenvalue weighted by molar-refractivity contribution is -0.118. The van der Waals surface area contributed by atoms with Crippen LogP contribution in [0.1, 0.15) is 24.0 Å². The zero-order valence-corrected chi connectivity index (χ0v) is 16.9. The summed E-state index contributed by atoms with van der Waals surface area (Å²) in [5.41, 5.74) is 9.79. The van der Waals surface area contributed by atoms with Crippen molar-refractivity contribution < 1.29 is 9.59 Å². The molecule has 1 aliphatic heterocycles. The van der Waals surface area contributed by atoms with Crippen LogP contribution < -0.4 is 16.0 Å². The summed E-state index contributed by atoms with van der Waals surface area (Å²) in [5.74, 6) is 0.00700. The fraction of sp³-hybridized carbons (Fsp3) is 0.333. The van der Waals surface area contributed by atoms with Crippen molar-refractivity contribution in [1.82, 2.24) is 10.2 Å². The first kappa shape index (κ1) is 21.6. The van der Waals surface area contributed by atoms with E-state index in [2.05, 4.69) is 5.32 Å². The molecule has 28 heavy (non-hydrogen) atoms. The molecular weight excluding hydrogens is 376 g/mol. The molecule has 1 heterocycles. The minimum Gasteiger partial charge on any atom is -0.398 e. The molecule has 2 aromatic carbocycles. The van der Waals surface area contributed by atoms with E-state index in [4.69, 9.17) is 5.73 Å². The number of amides is 3. The monoisotopic (exact) mass is 402 g/mol. The molecule has 3 N–H and O–H groups in total. The molecule has 0 aliphatic carbocycles. The van der Waals surface area contributed by atoms with Crippen molar-refractivity contribution >= 4 is 35.7 Å². The SMILES string of the molecule is CN(Cc1ccccc1)C(=O)NCCC(=O)N1CCCc2c(N)cccc21.Cl. The van der Waals surface area contributed by atoms with Crippen molar-refractivity contribution in [3.63, 3.8) is 0 Å². The van der Waals surface area contributed by atoms with E-state index in [9.17, 15) is 9.59 Å². The van der Waals surface area contributed by atoms with Crippen LogP contribution in [0.15, 0.2) is 48.5 Å². The molecule has 150 valence electrons. The van der Waals surface area contributed by atoms with Gasteiger partial charge in [-0.15, -0.1) is 12.4 Å². The Bertz CT molecular complexity index is 813. The van der Waals surface area contributed by atoms with Crippen molar-refractivity contribution in [2.24, 2.45) is 0 Å². The molecule has 0 bridgehead atoms. The number of fused-ring (bicyclic) bond motifs is 1. The number of carbonyl (C=O) groups excluding carboxylic acids is 2. The van der Waals surface area contributed by atoms with E-state index in [1.165, 1.54) is 0 Å². The van der Waals surface area contributed by atoms with E-state index in [-0.39, 0.29) is 30.8 Å². The highest BCUT2D eigenvalue weighted by Gasteiger charge is 2.23. The fourth-order valence-corrected chi connectivity index (χ4v) is 3.39. The highest BCUT2D eigenvalue weighted by Crippen LogP contribution is 2.31. The number of nitrogen functional groups attached to an aromatic ring is 1. The summed E-state index contributed by atoms with van der Waals surface area (Å²) in [6.07, 6.45) is 2.06. The molecule has 0 saturated carbocycles. The van der Waals surface area contributed by atoms with Gasteiger partial charge in [-0.1, -0.05) is 36.4 Å². The van der Waals surface area contributed by atoms with Crippen LogP contribution in [0.2, 0.25) is 0 Å². The molecule has 0 spiro atoms. The van der Waals surface area contributed by atoms with E-state index in [0.717, 1.165) is 35.3 Å². The topological polar surface area (TPSA) is 78.7 Å². The lowest BCUT2D eigenvalue weighted by atomic mass is 9.99. The summed E-state index contributed by atoms with van der Waals surface area (Å²) >= 11 is 0. The van der Waals surface area contributed by atoms with E-state index >= 15 is 0 Å². The van der Waals surface area contributed by atoms with Gasteiger partial charge in [-0.2, -0.15) is 0 Å². The third-order valence-electron chi connectivity index (χ3n) is 4.81. The quantitative estimate of drug-likeness (QED) is 0.754. The second kappa shape index (κ2) is 9.99. The fourth-order valence-electron chi connectivity index (χ4n) is 3.39. The number of carbonyl (C=O) groups is 2. The Morgan fingerprint density at radius 2 is 1.89 bits per heavy atom. The Balaban J connectivity index is 0.00000280. The number of hydrogen-bond acceptors (Lipinski definition) is 3. The van der Waals surface area contributed by atoms with Crippen LogP contribution in [0.5, 0.6) is 0 Å². The van der Waals surface area contributed by atoms with Crippen molar-refractivity contribution in [2.45, 2.75) is 25.8 Å². The highest BCUT2D eigenvalue weighted by atomic mass is 35.5. The first-order chi connectivity index (χ1) is 13.1. The van der Waals surface area contributed by atoms with Gasteiger partial charge in [0.2, 0.25) is 5.91 Å². The molecule has 0 fully saturated rings. The van der Waals surface area contributed by atoms with Gasteiger partial charge in [-0.3, -0.25) is 4.79 Å². The van der Waals surface area contributed by atoms with Crippen molar-refractivity contribution in [2.75, 3.05) is 30.8 Å². The average molecular weight is 403 g/mol. The van der Waals surface area contributed by atoms with Gasteiger partial charge in [-0.25, -0.2) is 4.79 Å². The molecule has 0 atom stereocenters. The Hall–Kier alpha value is -2.73. The molecule has 0 saturated heterocycles. The molecule has 3 rings (SSSR count). The lowest BCUT2D eigenvalue weighted by Crippen LogP contribution is -2.40. The van der Waals surface area contributed by atoms with E-state index in [1.807, 2.05) is 48.5 Å². The van der Waals surface area contributed by atoms with Gasteiger partial charge in [0.05, 0.1) is 0 Å². The van der Waals surface area contributed by atoms with E-state index in [1.54, 1.807) is 16.8 Å². The zero-order chi connectivity index (χ0) is 19.2. The maximum absolute atomic E-state index is 12.6. The molecule has 0 unspecified atom stereocenters. The zero-order valence-electron chi connectivity index (χ0n) is 16.1. The predicted octanol–water partition coefficient (Wildman–Crippen LogP) is 3.20. The molecule has 1 aliphatic rings. The molecular formula is C21H27ClN4O2. The summed E-state index contributed by atoms with van der Waals surface area (Å²) in [4.78, 5) is 28.3. The number of nitrogens with zero attached hydrogens (tertiary/aromatic N) is 2. The molecule has 6 nitrogen and oxygen atoms in total. The van der Waals surface area contributed by atoms with Gasteiger partial charge >= 0.3 is 6.03 Å². The van der Waals surface area contributed by atoms with Crippen LogP contribution in [0.25, 0.3) is 0 Å². The van der Waals surface area contributed by atoms with Crippen molar-refractivity contribution in [1.29, 1.82) is 0 Å². The van der Waals surface area contributed by atoms with Gasteiger partial charge in [0, 0.05) is 44.5 Å². The van der Waals surface area contributed by atoms with Crippen LogP contribution >= 0.6 is 12.4 Å². The third-order valence-corrected chi connectivity index (χ3v) is 4.81. The van der Waals surface area contributed by atoms with Crippen molar-refractivity contribution in [3.05, 3.63) is 59.7 Å². The van der Waals surface area contributed by atoms with Gasteiger partial charge < -0.3 is 20.9 Å². The standard InChI is InChI=1S/C21H26N4O2.ClH/c1-24(15-16-7-3-2-4-8-16)21(27)23-13-12-20(26)25-14-6-9-17-18(22)10-5-11-19(17)25;/h2-5,7-8,10-11H,6,9,12-15,22H2,1H3,(H,23,27);1H. The maximum Gasteiger partial charge on any atom is 0.317 e. The maximum atomic E-state index is 12.6. The van der Waals surface area contributed by atoms with E-state index < -0.39 is 0 Å². The Morgan fingerprint density at radius 1 is 1.14 bits per heavy atom. The van der Waals surface area contributed by atoms with Gasteiger partial charge in [0.15, 0.2) is 0 Å². The van der Waals surface area contributed by atoms with Gasteiger partial charge in [-0.05, 0) is 36.1 Å². The largest absolute Gasteiger partial charge is 0.398 e. The summed E-state index contributed by atoms with van der Waals surface area (Å²) in [5, 5.41) is 2.82. The number of nitrogens with one attached hydrogen (secondary N) is 1. The minimum atomic E-state index is -0.185. The van der Waals surface area contributed by atoms with E-state index in [0.29, 0.717) is 19.6 Å². The normalized spacial score (nSPS) is 12.5. The minimum absolute atomic E-state index is 0. The smallest absolute Gasteiger partial charge is 0.317 e. The van der Waals surface area contributed by atoms with Crippen LogP contribution in [0.4, 0.5) is 16.2 Å². The highest BCUT2D eigenvalue weighted by molar-refractivity contribution is 5.95. The van der Waals surface area contributed by atoms with Crippen LogP contribution in [0, 0.1) is 0 Å². The first-order valence-corrected chi connectivity index (χ1v) is 9.27.